The molecule has 0 rings (SSSR count). The van der Waals surface area contributed by atoms with Crippen molar-refractivity contribution in [1.82, 2.24) is 9.80 Å². The number of nitrogens with zero attached hydrogens (tertiary/aromatic N) is 3. The summed E-state index contributed by atoms with van der Waals surface area (Å²) in [6.45, 7) is 3.87. The number of hydrogen-bond donors (Lipinski definition) is 0. The fourth-order valence-corrected chi connectivity index (χ4v) is 1.16. The van der Waals surface area contributed by atoms with Gasteiger partial charge in [0.25, 0.3) is 0 Å². The Morgan fingerprint density at radius 1 is 1.28 bits per heavy atom. The van der Waals surface area contributed by atoms with E-state index in [-0.39, 0.29) is 12.2 Å². The largest absolute Gasteiger partial charge is 0.462 e. The number of rotatable bonds is 5. The van der Waals surface area contributed by atoms with Crippen LogP contribution in [-0.2, 0) is 9.53 Å². The van der Waals surface area contributed by atoms with Crippen LogP contribution in [0.25, 0.3) is 0 Å². The summed E-state index contributed by atoms with van der Waals surface area (Å²) in [6.07, 6.45) is 1.79. The quantitative estimate of drug-likeness (QED) is 0.319. The summed E-state index contributed by atoms with van der Waals surface area (Å²) in [5, 5.41) is 9.12. The van der Waals surface area contributed by atoms with E-state index in [1.807, 2.05) is 32.0 Å². The van der Waals surface area contributed by atoms with Crippen molar-refractivity contribution in [3.05, 3.63) is 23.0 Å². The summed E-state index contributed by atoms with van der Waals surface area (Å²) in [4.78, 5) is 15.3. The Kier molecular flexibility index (Phi) is 6.58. The van der Waals surface area contributed by atoms with Crippen LogP contribution in [0.4, 0.5) is 0 Å². The van der Waals surface area contributed by atoms with E-state index in [2.05, 4.69) is 0 Å². The van der Waals surface area contributed by atoms with Crippen LogP contribution >= 0.6 is 0 Å². The van der Waals surface area contributed by atoms with Crippen molar-refractivity contribution < 1.29 is 9.53 Å². The smallest absolute Gasteiger partial charge is 0.351 e. The predicted molar refractivity (Wildman–Crippen MR) is 70.4 cm³/mol. The van der Waals surface area contributed by atoms with Gasteiger partial charge in [-0.25, -0.2) is 4.79 Å². The van der Waals surface area contributed by atoms with Crippen molar-refractivity contribution >= 4 is 5.97 Å². The zero-order chi connectivity index (χ0) is 14.3. The van der Waals surface area contributed by atoms with Gasteiger partial charge in [0.15, 0.2) is 5.57 Å². The standard InChI is InChI=1S/C13H21N3O2/c1-7-18-13(17)11(9-14)12(16(5)6)8-10(2)15(3)4/h8H,7H2,1-6H3/b10-8+,12-11-. The molecule has 0 aliphatic carbocycles. The molecule has 0 saturated heterocycles. The number of ether oxygens (including phenoxy) is 1. The Morgan fingerprint density at radius 2 is 1.83 bits per heavy atom. The van der Waals surface area contributed by atoms with Crippen molar-refractivity contribution in [3.8, 4) is 6.07 Å². The second-order valence-corrected chi connectivity index (χ2v) is 4.17. The van der Waals surface area contributed by atoms with Gasteiger partial charge < -0.3 is 14.5 Å². The summed E-state index contributed by atoms with van der Waals surface area (Å²) in [5.74, 6) is -0.591. The van der Waals surface area contributed by atoms with E-state index in [1.165, 1.54) is 0 Å². The molecule has 0 radical (unpaired) electrons. The monoisotopic (exact) mass is 251 g/mol. The fraction of sp³-hybridized carbons (Fsp3) is 0.538. The third-order valence-electron chi connectivity index (χ3n) is 2.38. The summed E-state index contributed by atoms with van der Waals surface area (Å²) in [6, 6.07) is 1.91. The number of hydrogen-bond acceptors (Lipinski definition) is 5. The number of carbonyl (C=O) groups is 1. The van der Waals surface area contributed by atoms with E-state index in [9.17, 15) is 4.79 Å². The lowest BCUT2D eigenvalue weighted by molar-refractivity contribution is -0.138. The Bertz CT molecular complexity index is 401. The molecule has 0 bridgehead atoms. The molecule has 0 heterocycles. The summed E-state index contributed by atoms with van der Waals surface area (Å²) >= 11 is 0. The molecule has 0 aromatic carbocycles. The highest BCUT2D eigenvalue weighted by Crippen LogP contribution is 2.13. The Hall–Kier alpha value is -1.96. The molecular formula is C13H21N3O2. The first-order valence-electron chi connectivity index (χ1n) is 5.69. The van der Waals surface area contributed by atoms with Gasteiger partial charge in [0.05, 0.1) is 12.3 Å². The van der Waals surface area contributed by atoms with Crippen LogP contribution in [-0.4, -0.2) is 50.6 Å². The molecule has 5 heteroatoms. The molecule has 0 amide bonds. The van der Waals surface area contributed by atoms with Gasteiger partial charge in [0, 0.05) is 33.9 Å². The maximum atomic E-state index is 11.7. The molecular weight excluding hydrogens is 230 g/mol. The number of esters is 1. The molecule has 0 aromatic heterocycles. The number of nitriles is 1. The Morgan fingerprint density at radius 3 is 2.17 bits per heavy atom. The van der Waals surface area contributed by atoms with Crippen molar-refractivity contribution in [2.75, 3.05) is 34.8 Å². The molecule has 0 aliphatic heterocycles. The third kappa shape index (κ3) is 4.50. The van der Waals surface area contributed by atoms with Crippen LogP contribution in [0.15, 0.2) is 23.0 Å². The Labute approximate surface area is 109 Å². The minimum absolute atomic E-state index is 0.0167. The maximum Gasteiger partial charge on any atom is 0.351 e. The average Bonchev–Trinajstić information content (AvgIpc) is 2.28. The first-order chi connectivity index (χ1) is 8.34. The number of allylic oxidation sites excluding steroid dienone is 2. The lowest BCUT2D eigenvalue weighted by Crippen LogP contribution is -2.19. The van der Waals surface area contributed by atoms with E-state index in [0.29, 0.717) is 5.70 Å². The predicted octanol–water partition coefficient (Wildman–Crippen LogP) is 1.35. The summed E-state index contributed by atoms with van der Waals surface area (Å²) in [5.41, 5.74) is 1.50. The Balaban J connectivity index is 5.61. The van der Waals surface area contributed by atoms with Gasteiger partial charge in [0.1, 0.15) is 6.07 Å². The molecule has 0 unspecified atom stereocenters. The van der Waals surface area contributed by atoms with E-state index >= 15 is 0 Å². The van der Waals surface area contributed by atoms with Crippen molar-refractivity contribution in [1.29, 1.82) is 5.26 Å². The zero-order valence-corrected chi connectivity index (χ0v) is 11.9. The molecule has 100 valence electrons. The highest BCUT2D eigenvalue weighted by atomic mass is 16.5. The summed E-state index contributed by atoms with van der Waals surface area (Å²) < 4.78 is 4.88. The summed E-state index contributed by atoms with van der Waals surface area (Å²) in [7, 11) is 7.36. The molecule has 0 aliphatic rings. The third-order valence-corrected chi connectivity index (χ3v) is 2.38. The van der Waals surface area contributed by atoms with Crippen molar-refractivity contribution in [2.45, 2.75) is 13.8 Å². The number of carbonyl (C=O) groups excluding carboxylic acids is 1. The average molecular weight is 251 g/mol. The van der Waals surface area contributed by atoms with Crippen LogP contribution in [0.5, 0.6) is 0 Å². The highest BCUT2D eigenvalue weighted by molar-refractivity contribution is 5.94. The van der Waals surface area contributed by atoms with E-state index in [0.717, 1.165) is 5.70 Å². The van der Waals surface area contributed by atoms with Gasteiger partial charge in [-0.1, -0.05) is 0 Å². The highest BCUT2D eigenvalue weighted by Gasteiger charge is 2.17. The topological polar surface area (TPSA) is 56.6 Å². The molecule has 0 spiro atoms. The number of likely N-dealkylation sites (N-methyl/N-ethyl adjacent to an activating group) is 1. The minimum atomic E-state index is -0.591. The molecule has 0 atom stereocenters. The lowest BCUT2D eigenvalue weighted by atomic mass is 10.2. The van der Waals surface area contributed by atoms with Crippen LogP contribution in [0.1, 0.15) is 13.8 Å². The van der Waals surface area contributed by atoms with Gasteiger partial charge in [0.2, 0.25) is 0 Å². The molecule has 0 aromatic rings. The van der Waals surface area contributed by atoms with E-state index < -0.39 is 5.97 Å². The van der Waals surface area contributed by atoms with E-state index in [4.69, 9.17) is 10.00 Å². The first kappa shape index (κ1) is 16.0. The van der Waals surface area contributed by atoms with Crippen molar-refractivity contribution in [2.24, 2.45) is 0 Å². The van der Waals surface area contributed by atoms with Gasteiger partial charge in [-0.3, -0.25) is 0 Å². The molecule has 0 fully saturated rings. The maximum absolute atomic E-state index is 11.7. The normalized spacial score (nSPS) is 12.4. The molecule has 0 saturated carbocycles. The lowest BCUT2D eigenvalue weighted by Gasteiger charge is -2.19. The molecule has 18 heavy (non-hydrogen) atoms. The van der Waals surface area contributed by atoms with Crippen LogP contribution in [0.3, 0.4) is 0 Å². The van der Waals surface area contributed by atoms with Gasteiger partial charge in [-0.15, -0.1) is 0 Å². The molecule has 5 nitrogen and oxygen atoms in total. The van der Waals surface area contributed by atoms with Gasteiger partial charge in [-0.2, -0.15) is 5.26 Å². The minimum Gasteiger partial charge on any atom is -0.462 e. The molecule has 0 N–H and O–H groups in total. The van der Waals surface area contributed by atoms with Crippen LogP contribution in [0, 0.1) is 11.3 Å². The van der Waals surface area contributed by atoms with E-state index in [1.54, 1.807) is 32.0 Å². The first-order valence-corrected chi connectivity index (χ1v) is 5.69. The zero-order valence-electron chi connectivity index (χ0n) is 11.9. The fourth-order valence-electron chi connectivity index (χ4n) is 1.16. The van der Waals surface area contributed by atoms with Crippen molar-refractivity contribution in [3.63, 3.8) is 0 Å². The second-order valence-electron chi connectivity index (χ2n) is 4.17. The van der Waals surface area contributed by atoms with Gasteiger partial charge in [-0.05, 0) is 19.9 Å². The SMILES string of the molecule is CCOC(=O)/C(C#N)=C(/C=C(\C)N(C)C)N(C)C. The second kappa shape index (κ2) is 7.38. The van der Waals surface area contributed by atoms with Crippen LogP contribution < -0.4 is 0 Å². The van der Waals surface area contributed by atoms with Gasteiger partial charge >= 0.3 is 5.97 Å². The van der Waals surface area contributed by atoms with Crippen LogP contribution in [0.2, 0.25) is 0 Å².